The number of carbonyl (C=O) groups excluding carboxylic acids is 1. The van der Waals surface area contributed by atoms with Crippen molar-refractivity contribution < 1.29 is 14.6 Å². The summed E-state index contributed by atoms with van der Waals surface area (Å²) in [7, 11) is 4.81. The predicted molar refractivity (Wildman–Crippen MR) is 93.4 cm³/mol. The number of carbonyl (C=O) groups is 1. The Morgan fingerprint density at radius 3 is 2.38 bits per heavy atom. The Hall–Kier alpha value is -2.19. The summed E-state index contributed by atoms with van der Waals surface area (Å²) in [6, 6.07) is 3.04. The van der Waals surface area contributed by atoms with E-state index in [9.17, 15) is 14.9 Å². The van der Waals surface area contributed by atoms with E-state index >= 15 is 0 Å². The van der Waals surface area contributed by atoms with Crippen molar-refractivity contribution in [3.63, 3.8) is 0 Å². The molecule has 8 nitrogen and oxygen atoms in total. The molecular formula is C16H26N4O4. The molecule has 0 heterocycles. The highest BCUT2D eigenvalue weighted by Crippen LogP contribution is 2.31. The largest absolute Gasteiger partial charge is 0.372 e. The third-order valence-electron chi connectivity index (χ3n) is 3.91. The lowest BCUT2D eigenvalue weighted by Crippen LogP contribution is -2.28. The van der Waals surface area contributed by atoms with Crippen molar-refractivity contribution in [3.8, 4) is 0 Å². The van der Waals surface area contributed by atoms with Crippen LogP contribution in [0.4, 0.5) is 11.4 Å². The molecule has 0 aliphatic heterocycles. The number of hydroxylamine groups is 1. The van der Waals surface area contributed by atoms with Gasteiger partial charge < -0.3 is 9.80 Å². The smallest absolute Gasteiger partial charge is 0.293 e. The van der Waals surface area contributed by atoms with Gasteiger partial charge in [0.25, 0.3) is 11.6 Å². The SMILES string of the molecule is CCN(CC)CCc1cc(N(C)C)c([N+](=O)[O-])cc1C(=O)NOC. The minimum atomic E-state index is -0.486. The number of nitro benzene ring substituents is 1. The summed E-state index contributed by atoms with van der Waals surface area (Å²) in [5.41, 5.74) is 3.64. The Morgan fingerprint density at radius 2 is 1.92 bits per heavy atom. The van der Waals surface area contributed by atoms with Crippen LogP contribution in [0.5, 0.6) is 0 Å². The van der Waals surface area contributed by atoms with Crippen molar-refractivity contribution in [3.05, 3.63) is 33.4 Å². The monoisotopic (exact) mass is 338 g/mol. The molecule has 0 spiro atoms. The van der Waals surface area contributed by atoms with Crippen LogP contribution in [0.1, 0.15) is 29.8 Å². The van der Waals surface area contributed by atoms with E-state index in [1.165, 1.54) is 13.2 Å². The third kappa shape index (κ3) is 4.90. The summed E-state index contributed by atoms with van der Waals surface area (Å²) in [6.45, 7) is 6.73. The maximum absolute atomic E-state index is 12.2. The van der Waals surface area contributed by atoms with Crippen LogP contribution in [0.15, 0.2) is 12.1 Å². The first-order chi connectivity index (χ1) is 11.3. The van der Waals surface area contributed by atoms with E-state index in [4.69, 9.17) is 0 Å². The van der Waals surface area contributed by atoms with Crippen LogP contribution in [0.2, 0.25) is 0 Å². The lowest BCUT2D eigenvalue weighted by atomic mass is 10.0. The number of nitrogens with one attached hydrogen (secondary N) is 1. The molecule has 1 aromatic rings. The Labute approximate surface area is 142 Å². The maximum atomic E-state index is 12.2. The first kappa shape index (κ1) is 19.9. The Balaban J connectivity index is 3.32. The van der Waals surface area contributed by atoms with E-state index in [1.54, 1.807) is 25.1 Å². The van der Waals surface area contributed by atoms with Gasteiger partial charge in [0.2, 0.25) is 0 Å². The maximum Gasteiger partial charge on any atom is 0.293 e. The van der Waals surface area contributed by atoms with Crippen LogP contribution in [-0.2, 0) is 11.3 Å². The molecule has 0 aliphatic carbocycles. The van der Waals surface area contributed by atoms with Crippen molar-refractivity contribution in [2.75, 3.05) is 45.7 Å². The summed E-state index contributed by atoms with van der Waals surface area (Å²) in [5.74, 6) is -0.486. The summed E-state index contributed by atoms with van der Waals surface area (Å²) in [4.78, 5) is 31.7. The number of likely N-dealkylation sites (N-methyl/N-ethyl adjacent to an activating group) is 1. The molecule has 0 radical (unpaired) electrons. The van der Waals surface area contributed by atoms with Gasteiger partial charge in [0.1, 0.15) is 5.69 Å². The van der Waals surface area contributed by atoms with E-state index in [1.807, 2.05) is 0 Å². The molecular weight excluding hydrogens is 312 g/mol. The lowest BCUT2D eigenvalue weighted by Gasteiger charge is -2.20. The number of hydrogen-bond acceptors (Lipinski definition) is 6. The van der Waals surface area contributed by atoms with Crippen LogP contribution in [-0.4, -0.2) is 56.6 Å². The summed E-state index contributed by atoms with van der Waals surface area (Å²) >= 11 is 0. The van der Waals surface area contributed by atoms with E-state index in [0.29, 0.717) is 12.1 Å². The lowest BCUT2D eigenvalue weighted by molar-refractivity contribution is -0.384. The first-order valence-electron chi connectivity index (χ1n) is 7.89. The molecule has 0 bridgehead atoms. The van der Waals surface area contributed by atoms with Gasteiger partial charge in [-0.2, -0.15) is 0 Å². The molecule has 8 heteroatoms. The Bertz CT molecular complexity index is 586. The second kappa shape index (κ2) is 9.19. The molecule has 0 fully saturated rings. The Morgan fingerprint density at radius 1 is 1.29 bits per heavy atom. The molecule has 0 atom stereocenters. The highest BCUT2D eigenvalue weighted by Gasteiger charge is 2.23. The van der Waals surface area contributed by atoms with Gasteiger partial charge in [-0.1, -0.05) is 13.8 Å². The van der Waals surface area contributed by atoms with E-state index in [0.717, 1.165) is 25.2 Å². The molecule has 134 valence electrons. The fourth-order valence-corrected chi connectivity index (χ4v) is 2.51. The van der Waals surface area contributed by atoms with Crippen LogP contribution in [0.3, 0.4) is 0 Å². The quantitative estimate of drug-likeness (QED) is 0.546. The van der Waals surface area contributed by atoms with E-state index < -0.39 is 10.8 Å². The zero-order chi connectivity index (χ0) is 18.3. The number of amides is 1. The van der Waals surface area contributed by atoms with Gasteiger partial charge >= 0.3 is 0 Å². The van der Waals surface area contributed by atoms with Gasteiger partial charge in [0, 0.05) is 26.7 Å². The molecule has 0 saturated carbocycles. The van der Waals surface area contributed by atoms with Crippen molar-refractivity contribution in [2.24, 2.45) is 0 Å². The van der Waals surface area contributed by atoms with Gasteiger partial charge in [-0.05, 0) is 31.1 Å². The number of rotatable bonds is 9. The predicted octanol–water partition coefficient (Wildman–Crippen LogP) is 1.84. The number of hydrogen-bond donors (Lipinski definition) is 1. The zero-order valence-electron chi connectivity index (χ0n) is 15.0. The van der Waals surface area contributed by atoms with E-state index in [2.05, 4.69) is 29.1 Å². The first-order valence-corrected chi connectivity index (χ1v) is 7.89. The second-order valence-corrected chi connectivity index (χ2v) is 5.56. The number of benzene rings is 1. The van der Waals surface area contributed by atoms with Gasteiger partial charge in [0.05, 0.1) is 17.6 Å². The van der Waals surface area contributed by atoms with E-state index in [-0.39, 0.29) is 11.3 Å². The van der Waals surface area contributed by atoms with Crippen molar-refractivity contribution in [1.82, 2.24) is 10.4 Å². The average molecular weight is 338 g/mol. The third-order valence-corrected chi connectivity index (χ3v) is 3.91. The van der Waals surface area contributed by atoms with Crippen molar-refractivity contribution >= 4 is 17.3 Å². The fourth-order valence-electron chi connectivity index (χ4n) is 2.51. The molecule has 1 N–H and O–H groups in total. The minimum absolute atomic E-state index is 0.104. The van der Waals surface area contributed by atoms with Crippen molar-refractivity contribution in [2.45, 2.75) is 20.3 Å². The number of nitrogens with zero attached hydrogens (tertiary/aromatic N) is 3. The molecule has 0 aliphatic rings. The van der Waals surface area contributed by atoms with Crippen LogP contribution >= 0.6 is 0 Å². The molecule has 1 rings (SSSR count). The molecule has 0 aromatic heterocycles. The van der Waals surface area contributed by atoms with Gasteiger partial charge in [0.15, 0.2) is 0 Å². The topological polar surface area (TPSA) is 88.0 Å². The normalized spacial score (nSPS) is 10.8. The van der Waals surface area contributed by atoms with Crippen molar-refractivity contribution in [1.29, 1.82) is 0 Å². The van der Waals surface area contributed by atoms with Gasteiger partial charge in [-0.25, -0.2) is 5.48 Å². The standard InChI is InChI=1S/C16H26N4O4/c1-6-19(7-2)9-8-12-10-14(18(3)4)15(20(22)23)11-13(12)16(21)17-24-5/h10-11H,6-9H2,1-5H3,(H,17,21). The second-order valence-electron chi connectivity index (χ2n) is 5.56. The summed E-state index contributed by atoms with van der Waals surface area (Å²) in [5, 5.41) is 11.3. The Kier molecular flexibility index (Phi) is 7.60. The fraction of sp³-hybridized carbons (Fsp3) is 0.562. The summed E-state index contributed by atoms with van der Waals surface area (Å²) < 4.78 is 0. The average Bonchev–Trinajstić information content (AvgIpc) is 2.55. The molecule has 0 unspecified atom stereocenters. The highest BCUT2D eigenvalue weighted by molar-refractivity contribution is 5.96. The van der Waals surface area contributed by atoms with Crippen LogP contribution < -0.4 is 10.4 Å². The molecule has 1 aromatic carbocycles. The molecule has 1 amide bonds. The van der Waals surface area contributed by atoms with Crippen LogP contribution in [0.25, 0.3) is 0 Å². The number of anilines is 1. The highest BCUT2D eigenvalue weighted by atomic mass is 16.6. The molecule has 24 heavy (non-hydrogen) atoms. The summed E-state index contributed by atoms with van der Waals surface area (Å²) in [6.07, 6.45) is 0.618. The zero-order valence-corrected chi connectivity index (χ0v) is 15.0. The van der Waals surface area contributed by atoms with Gasteiger partial charge in [-0.3, -0.25) is 19.7 Å². The molecule has 0 saturated heterocycles. The number of nitro groups is 1. The minimum Gasteiger partial charge on any atom is -0.372 e. The van der Waals surface area contributed by atoms with Gasteiger partial charge in [-0.15, -0.1) is 0 Å². The van der Waals surface area contributed by atoms with Crippen LogP contribution in [0, 0.1) is 10.1 Å².